The van der Waals surface area contributed by atoms with E-state index in [-0.39, 0.29) is 30.1 Å². The van der Waals surface area contributed by atoms with E-state index in [1.54, 1.807) is 20.8 Å². The minimum atomic E-state index is -3.84. The lowest BCUT2D eigenvalue weighted by Gasteiger charge is -2.28. The van der Waals surface area contributed by atoms with Crippen molar-refractivity contribution in [3.63, 3.8) is 0 Å². The first-order valence-corrected chi connectivity index (χ1v) is 13.1. The van der Waals surface area contributed by atoms with Crippen LogP contribution in [0.4, 0.5) is 0 Å². The maximum Gasteiger partial charge on any atom is 0.288 e. The highest BCUT2D eigenvalue weighted by molar-refractivity contribution is 8.71. The molecule has 0 radical (unpaired) electrons. The van der Waals surface area contributed by atoms with Gasteiger partial charge in [0.2, 0.25) is 17.7 Å². The van der Waals surface area contributed by atoms with Gasteiger partial charge in [0, 0.05) is 13.0 Å². The van der Waals surface area contributed by atoms with Crippen LogP contribution in [0, 0.1) is 11.8 Å². The fraction of sp³-hybridized carbons (Fsp3) is 0.778. The molecular weight excluding hydrogens is 432 g/mol. The summed E-state index contributed by atoms with van der Waals surface area (Å²) in [6.07, 6.45) is 2.31. The molecule has 3 N–H and O–H groups in total. The van der Waals surface area contributed by atoms with Crippen molar-refractivity contribution >= 4 is 43.5 Å². The lowest BCUT2D eigenvalue weighted by atomic mass is 10.1. The molecule has 1 aliphatic heterocycles. The molecule has 1 aliphatic carbocycles. The van der Waals surface area contributed by atoms with Crippen molar-refractivity contribution in [3.05, 3.63) is 0 Å². The first kappa shape index (κ1) is 24.4. The number of hydrogen-bond donors (Lipinski definition) is 3. The summed E-state index contributed by atoms with van der Waals surface area (Å²) in [4.78, 5) is 51.5. The van der Waals surface area contributed by atoms with Crippen molar-refractivity contribution in [2.45, 2.75) is 64.6 Å². The summed E-state index contributed by atoms with van der Waals surface area (Å²) in [7, 11) is -3.34. The molecule has 0 aromatic heterocycles. The summed E-state index contributed by atoms with van der Waals surface area (Å²) < 4.78 is 25.4. The van der Waals surface area contributed by atoms with Gasteiger partial charge in [-0.2, -0.15) is 8.42 Å². The summed E-state index contributed by atoms with van der Waals surface area (Å²) in [5, 5.41) is 5.30. The topological polar surface area (TPSA) is 142 Å². The van der Waals surface area contributed by atoms with Crippen molar-refractivity contribution in [1.82, 2.24) is 20.3 Å². The van der Waals surface area contributed by atoms with E-state index in [2.05, 4.69) is 10.6 Å². The lowest BCUT2D eigenvalue weighted by Crippen LogP contribution is -2.57. The average Bonchev–Trinajstić information content (AvgIpc) is 3.15. The van der Waals surface area contributed by atoms with Crippen molar-refractivity contribution in [1.29, 1.82) is 0 Å². The Kier molecular flexibility index (Phi) is 7.44. The number of carbonyl (C=O) groups excluding carboxylic acids is 4. The summed E-state index contributed by atoms with van der Waals surface area (Å²) >= 11 is 0. The van der Waals surface area contributed by atoms with E-state index in [0.29, 0.717) is 30.2 Å². The summed E-state index contributed by atoms with van der Waals surface area (Å²) in [5.74, 6) is -2.07. The third-order valence-corrected chi connectivity index (χ3v) is 8.10. The first-order chi connectivity index (χ1) is 13.9. The summed E-state index contributed by atoms with van der Waals surface area (Å²) in [6, 6.07) is -1.56. The number of carbonyl (C=O) groups is 4. The Morgan fingerprint density at radius 3 is 2.33 bits per heavy atom. The highest BCUT2D eigenvalue weighted by Crippen LogP contribution is 2.44. The molecule has 5 unspecified atom stereocenters. The number of nitrogens with one attached hydrogen (secondary N) is 3. The Morgan fingerprint density at radius 2 is 1.83 bits per heavy atom. The molecule has 1 saturated carbocycles. The molecule has 2 aliphatic rings. The molecule has 0 bridgehead atoms. The first-order valence-electron chi connectivity index (χ1n) is 9.91. The van der Waals surface area contributed by atoms with Gasteiger partial charge in [0.15, 0.2) is 0 Å². The number of rotatable bonds is 8. The molecule has 1 saturated heterocycles. The predicted octanol–water partition coefficient (Wildman–Crippen LogP) is -0.243. The van der Waals surface area contributed by atoms with Crippen LogP contribution < -0.4 is 15.4 Å². The zero-order valence-corrected chi connectivity index (χ0v) is 19.5. The van der Waals surface area contributed by atoms with Crippen molar-refractivity contribution < 1.29 is 27.6 Å². The fourth-order valence-corrected chi connectivity index (χ4v) is 4.68. The van der Waals surface area contributed by atoms with Crippen LogP contribution >= 0.6 is 10.8 Å². The highest BCUT2D eigenvalue weighted by atomic mass is 33.1. The predicted molar refractivity (Wildman–Crippen MR) is 112 cm³/mol. The van der Waals surface area contributed by atoms with E-state index in [9.17, 15) is 27.6 Å². The normalized spacial score (nSPS) is 29.1. The molecule has 5 atom stereocenters. The molecule has 0 aromatic rings. The molecule has 0 aromatic carbocycles. The minimum Gasteiger partial charge on any atom is -0.345 e. The van der Waals surface area contributed by atoms with E-state index in [4.69, 9.17) is 0 Å². The van der Waals surface area contributed by atoms with Gasteiger partial charge < -0.3 is 15.5 Å². The maximum atomic E-state index is 13.0. The molecule has 0 spiro atoms. The van der Waals surface area contributed by atoms with Gasteiger partial charge in [-0.25, -0.2) is 4.72 Å². The Labute approximate surface area is 180 Å². The van der Waals surface area contributed by atoms with Gasteiger partial charge in [-0.05, 0) is 48.7 Å². The fourth-order valence-electron chi connectivity index (χ4n) is 3.71. The Balaban J connectivity index is 2.13. The monoisotopic (exact) mass is 462 g/mol. The number of likely N-dealkylation sites (tertiary alicyclic amines) is 1. The van der Waals surface area contributed by atoms with E-state index in [1.807, 2.05) is 11.6 Å². The Morgan fingerprint density at radius 1 is 1.23 bits per heavy atom. The maximum absolute atomic E-state index is 13.0. The molecule has 2 rings (SSSR count). The smallest absolute Gasteiger partial charge is 0.288 e. The van der Waals surface area contributed by atoms with Gasteiger partial charge >= 0.3 is 0 Å². The molecule has 2 fully saturated rings. The minimum absolute atomic E-state index is 0.0667. The quantitative estimate of drug-likeness (QED) is 0.423. The van der Waals surface area contributed by atoms with E-state index < -0.39 is 38.5 Å². The van der Waals surface area contributed by atoms with Crippen molar-refractivity contribution in [2.75, 3.05) is 12.8 Å². The molecule has 10 nitrogen and oxygen atoms in total. The molecular formula is C18H30N4O6S2. The average molecular weight is 463 g/mol. The molecule has 1 heterocycles. The van der Waals surface area contributed by atoms with E-state index in [0.717, 1.165) is 0 Å². The van der Waals surface area contributed by atoms with E-state index >= 15 is 0 Å². The molecule has 170 valence electrons. The van der Waals surface area contributed by atoms with Crippen molar-refractivity contribution in [3.8, 4) is 0 Å². The number of hydrogen-bond acceptors (Lipinski definition) is 7. The van der Waals surface area contributed by atoms with Gasteiger partial charge in [0.1, 0.15) is 17.6 Å². The van der Waals surface area contributed by atoms with Crippen molar-refractivity contribution in [2.24, 2.45) is 11.8 Å². The van der Waals surface area contributed by atoms with Crippen LogP contribution in [0.3, 0.4) is 0 Å². The van der Waals surface area contributed by atoms with E-state index in [1.165, 1.54) is 11.2 Å². The summed E-state index contributed by atoms with van der Waals surface area (Å²) in [6.45, 7) is 7.27. The van der Waals surface area contributed by atoms with Crippen LogP contribution in [0.5, 0.6) is 0 Å². The Hall–Kier alpha value is -1.82. The van der Waals surface area contributed by atoms with Crippen LogP contribution in [0.25, 0.3) is 0 Å². The standard InChI is InChI=1S/C18H30N4O6S2/c1-6-14(23)19-12(4)16(25)22-9-10(2)7-13(22)15(24)20-18(8-11(18)3)17(26)21-30(27,28)29-5/h10-13H,6-9H2,1-5H3,(H,19,23)(H,20,24)(H,21,26). The second-order valence-corrected chi connectivity index (χ2v) is 11.9. The van der Waals surface area contributed by atoms with Gasteiger partial charge in [0.05, 0.1) is 0 Å². The van der Waals surface area contributed by atoms with Gasteiger partial charge in [-0.15, -0.1) is 0 Å². The molecule has 4 amide bonds. The zero-order valence-electron chi connectivity index (χ0n) is 17.9. The van der Waals surface area contributed by atoms with Gasteiger partial charge in [0.25, 0.3) is 15.0 Å². The lowest BCUT2D eigenvalue weighted by molar-refractivity contribution is -0.142. The van der Waals surface area contributed by atoms with Crippen LogP contribution in [0.2, 0.25) is 0 Å². The van der Waals surface area contributed by atoms with Gasteiger partial charge in [-0.3, -0.25) is 19.2 Å². The Bertz CT molecular complexity index is 833. The second-order valence-electron chi connectivity index (χ2n) is 8.11. The third-order valence-electron chi connectivity index (χ3n) is 5.66. The second kappa shape index (κ2) is 9.13. The van der Waals surface area contributed by atoms with Crippen LogP contribution in [0.1, 0.15) is 47.0 Å². The van der Waals surface area contributed by atoms with Gasteiger partial charge in [-0.1, -0.05) is 20.8 Å². The highest BCUT2D eigenvalue weighted by Gasteiger charge is 2.60. The molecule has 12 heteroatoms. The molecule has 30 heavy (non-hydrogen) atoms. The SMILES string of the molecule is CCC(=O)NC(C)C(=O)N1CC(C)CC1C(=O)NC1(C(=O)NS(=O)(=O)SC)CC1C. The number of nitrogens with zero attached hydrogens (tertiary/aromatic N) is 1. The zero-order chi connectivity index (χ0) is 22.9. The van der Waals surface area contributed by atoms with Crippen LogP contribution in [-0.2, 0) is 28.2 Å². The van der Waals surface area contributed by atoms with Crippen LogP contribution in [0.15, 0.2) is 0 Å². The largest absolute Gasteiger partial charge is 0.345 e. The summed E-state index contributed by atoms with van der Waals surface area (Å²) in [5.41, 5.74) is -1.30. The number of amides is 4. The van der Waals surface area contributed by atoms with Crippen LogP contribution in [-0.4, -0.2) is 67.4 Å². The third kappa shape index (κ3) is 5.26.